The molecule has 0 saturated carbocycles. The molecule has 0 N–H and O–H groups in total. The van der Waals surface area contributed by atoms with Crippen molar-refractivity contribution >= 4 is 44.8 Å². The van der Waals surface area contributed by atoms with Crippen LogP contribution in [0.5, 0.6) is 0 Å². The molecule has 90 valence electrons. The number of hydrogen-bond donors (Lipinski definition) is 0. The van der Waals surface area contributed by atoms with E-state index in [0.717, 1.165) is 10.0 Å². The van der Waals surface area contributed by atoms with Gasteiger partial charge in [-0.2, -0.15) is 0 Å². The van der Waals surface area contributed by atoms with E-state index in [2.05, 4.69) is 31.1 Å². The Morgan fingerprint density at radius 1 is 1.11 bits per heavy atom. The van der Waals surface area contributed by atoms with Crippen LogP contribution < -0.4 is 0 Å². The lowest BCUT2D eigenvalue weighted by molar-refractivity contribution is 1.08. The smallest absolute Gasteiger partial charge is 0.170 e. The monoisotopic (exact) mass is 342 g/mol. The highest BCUT2D eigenvalue weighted by molar-refractivity contribution is 9.10. The third-order valence-corrected chi connectivity index (χ3v) is 3.54. The van der Waals surface area contributed by atoms with Crippen molar-refractivity contribution < 1.29 is 0 Å². The average molecular weight is 344 g/mol. The van der Waals surface area contributed by atoms with Gasteiger partial charge in [0.25, 0.3) is 0 Å². The summed E-state index contributed by atoms with van der Waals surface area (Å²) in [6, 6.07) is 7.13. The molecule has 0 amide bonds. The Kier molecular flexibility index (Phi) is 2.97. The fourth-order valence-electron chi connectivity index (χ4n) is 1.63. The molecule has 0 fully saturated rings. The van der Waals surface area contributed by atoms with E-state index in [9.17, 15) is 0 Å². The third-order valence-electron chi connectivity index (χ3n) is 2.44. The first kappa shape index (κ1) is 11.9. The topological polar surface area (TPSA) is 43.1 Å². The van der Waals surface area contributed by atoms with Crippen molar-refractivity contribution in [3.63, 3.8) is 0 Å². The van der Waals surface area contributed by atoms with Crippen molar-refractivity contribution in [1.82, 2.24) is 19.6 Å². The molecule has 2 heterocycles. The number of aromatic nitrogens is 4. The van der Waals surface area contributed by atoms with Crippen LogP contribution in [0, 0.1) is 0 Å². The van der Waals surface area contributed by atoms with E-state index in [1.54, 1.807) is 28.9 Å². The van der Waals surface area contributed by atoms with Gasteiger partial charge in [0.1, 0.15) is 11.5 Å². The Bertz CT molecular complexity index is 741. The van der Waals surface area contributed by atoms with Crippen LogP contribution in [0.3, 0.4) is 0 Å². The molecule has 0 atom stereocenters. The summed E-state index contributed by atoms with van der Waals surface area (Å²) in [7, 11) is 0. The van der Waals surface area contributed by atoms with Gasteiger partial charge in [-0.05, 0) is 34.1 Å². The summed E-state index contributed by atoms with van der Waals surface area (Å²) < 4.78 is 2.61. The van der Waals surface area contributed by atoms with Gasteiger partial charge in [-0.15, -0.1) is 10.2 Å². The maximum Gasteiger partial charge on any atom is 0.170 e. The Balaban J connectivity index is 2.25. The summed E-state index contributed by atoms with van der Waals surface area (Å²) >= 11 is 15.2. The second-order valence-electron chi connectivity index (χ2n) is 3.59. The highest BCUT2D eigenvalue weighted by Crippen LogP contribution is 2.29. The summed E-state index contributed by atoms with van der Waals surface area (Å²) in [5, 5.41) is 9.23. The lowest BCUT2D eigenvalue weighted by Gasteiger charge is -2.03. The predicted molar refractivity (Wildman–Crippen MR) is 73.9 cm³/mol. The van der Waals surface area contributed by atoms with E-state index < -0.39 is 0 Å². The SMILES string of the molecule is Clc1ccc(-c2nnc3cc(Cl)ncn23)c(Br)c1. The third kappa shape index (κ3) is 1.98. The summed E-state index contributed by atoms with van der Waals surface area (Å²) in [6.07, 6.45) is 1.59. The van der Waals surface area contributed by atoms with Gasteiger partial charge >= 0.3 is 0 Å². The Labute approximate surface area is 121 Å². The Morgan fingerprint density at radius 2 is 1.94 bits per heavy atom. The number of nitrogens with zero attached hydrogens (tertiary/aromatic N) is 4. The van der Waals surface area contributed by atoms with E-state index in [-0.39, 0.29) is 0 Å². The summed E-state index contributed by atoms with van der Waals surface area (Å²) in [5.41, 5.74) is 1.53. The maximum atomic E-state index is 5.91. The second kappa shape index (κ2) is 4.50. The first-order chi connectivity index (χ1) is 8.65. The van der Waals surface area contributed by atoms with Crippen LogP contribution in [0.4, 0.5) is 0 Å². The minimum Gasteiger partial charge on any atom is -0.265 e. The number of benzene rings is 1. The number of hydrogen-bond acceptors (Lipinski definition) is 3. The number of fused-ring (bicyclic) bond motifs is 1. The van der Waals surface area contributed by atoms with Crippen LogP contribution in [0.15, 0.2) is 35.1 Å². The van der Waals surface area contributed by atoms with Crippen molar-refractivity contribution in [2.45, 2.75) is 0 Å². The van der Waals surface area contributed by atoms with Gasteiger partial charge in [-0.1, -0.05) is 23.2 Å². The lowest BCUT2D eigenvalue weighted by Crippen LogP contribution is -1.91. The van der Waals surface area contributed by atoms with Crippen molar-refractivity contribution in [3.8, 4) is 11.4 Å². The molecule has 0 aliphatic rings. The van der Waals surface area contributed by atoms with Crippen molar-refractivity contribution in [1.29, 1.82) is 0 Å². The van der Waals surface area contributed by atoms with Gasteiger partial charge in [0.15, 0.2) is 11.5 Å². The van der Waals surface area contributed by atoms with Gasteiger partial charge in [-0.25, -0.2) is 4.98 Å². The molecule has 3 aromatic rings. The van der Waals surface area contributed by atoms with Crippen molar-refractivity contribution in [2.24, 2.45) is 0 Å². The largest absolute Gasteiger partial charge is 0.265 e. The Morgan fingerprint density at radius 3 is 2.72 bits per heavy atom. The predicted octanol–water partition coefficient (Wildman–Crippen LogP) is 3.86. The lowest BCUT2D eigenvalue weighted by atomic mass is 10.2. The molecule has 0 saturated heterocycles. The summed E-state index contributed by atoms with van der Waals surface area (Å²) in [4.78, 5) is 4.02. The van der Waals surface area contributed by atoms with E-state index in [1.807, 2.05) is 6.07 Å². The van der Waals surface area contributed by atoms with Crippen LogP contribution in [0.25, 0.3) is 17.0 Å². The number of halogens is 3. The first-order valence-electron chi connectivity index (χ1n) is 4.97. The molecule has 0 aliphatic heterocycles. The van der Waals surface area contributed by atoms with E-state index in [4.69, 9.17) is 23.2 Å². The van der Waals surface area contributed by atoms with Crippen molar-refractivity contribution in [2.75, 3.05) is 0 Å². The molecule has 0 unspecified atom stereocenters. The quantitative estimate of drug-likeness (QED) is 0.630. The zero-order chi connectivity index (χ0) is 12.7. The molecule has 2 aromatic heterocycles. The highest BCUT2D eigenvalue weighted by atomic mass is 79.9. The van der Waals surface area contributed by atoms with E-state index in [0.29, 0.717) is 21.6 Å². The first-order valence-corrected chi connectivity index (χ1v) is 6.52. The van der Waals surface area contributed by atoms with Crippen LogP contribution in [0.1, 0.15) is 0 Å². The zero-order valence-corrected chi connectivity index (χ0v) is 11.9. The minimum atomic E-state index is 0.386. The van der Waals surface area contributed by atoms with Crippen molar-refractivity contribution in [3.05, 3.63) is 45.2 Å². The molecule has 0 spiro atoms. The van der Waals surface area contributed by atoms with Crippen LogP contribution in [-0.2, 0) is 0 Å². The molecular formula is C11H5BrCl2N4. The fraction of sp³-hybridized carbons (Fsp3) is 0. The molecule has 0 bridgehead atoms. The summed E-state index contributed by atoms with van der Waals surface area (Å²) in [6.45, 7) is 0. The van der Waals surface area contributed by atoms with E-state index in [1.165, 1.54) is 0 Å². The molecule has 4 nitrogen and oxygen atoms in total. The molecule has 1 aromatic carbocycles. The van der Waals surface area contributed by atoms with Gasteiger partial charge < -0.3 is 0 Å². The molecule has 0 radical (unpaired) electrons. The second-order valence-corrected chi connectivity index (χ2v) is 5.27. The van der Waals surface area contributed by atoms with Crippen LogP contribution >= 0.6 is 39.1 Å². The molecule has 0 aliphatic carbocycles. The van der Waals surface area contributed by atoms with Gasteiger partial charge in [-0.3, -0.25) is 4.40 Å². The van der Waals surface area contributed by atoms with Crippen LogP contribution in [0.2, 0.25) is 10.2 Å². The maximum absolute atomic E-state index is 5.91. The van der Waals surface area contributed by atoms with Gasteiger partial charge in [0.05, 0.1) is 0 Å². The van der Waals surface area contributed by atoms with Gasteiger partial charge in [0.2, 0.25) is 0 Å². The number of rotatable bonds is 1. The molecular weight excluding hydrogens is 339 g/mol. The van der Waals surface area contributed by atoms with E-state index >= 15 is 0 Å². The average Bonchev–Trinajstić information content (AvgIpc) is 2.72. The summed E-state index contributed by atoms with van der Waals surface area (Å²) in [5.74, 6) is 0.678. The van der Waals surface area contributed by atoms with Crippen LogP contribution in [-0.4, -0.2) is 19.6 Å². The fourth-order valence-corrected chi connectivity index (χ4v) is 2.63. The standard InChI is InChI=1S/C11H5BrCl2N4/c12-8-3-6(13)1-2-7(8)11-17-16-10-4-9(14)15-5-18(10)11/h1-5H. The highest BCUT2D eigenvalue weighted by Gasteiger charge is 2.12. The minimum absolute atomic E-state index is 0.386. The molecule has 7 heteroatoms. The normalized spacial score (nSPS) is 11.1. The molecule has 18 heavy (non-hydrogen) atoms. The van der Waals surface area contributed by atoms with Gasteiger partial charge in [0, 0.05) is 21.1 Å². The Hall–Kier alpha value is -1.17. The zero-order valence-electron chi connectivity index (χ0n) is 8.81. The molecule has 3 rings (SSSR count).